The van der Waals surface area contributed by atoms with E-state index in [1.54, 1.807) is 0 Å². The van der Waals surface area contributed by atoms with Gasteiger partial charge in [0.05, 0.1) is 5.69 Å². The number of nitrogens with zero attached hydrogens (tertiary/aromatic N) is 2. The van der Waals surface area contributed by atoms with Gasteiger partial charge in [-0.1, -0.05) is 22.0 Å². The molecule has 0 bridgehead atoms. The molecule has 20 heavy (non-hydrogen) atoms. The summed E-state index contributed by atoms with van der Waals surface area (Å²) in [5, 5.41) is 9.33. The second-order valence-electron chi connectivity index (χ2n) is 5.10. The van der Waals surface area contributed by atoms with E-state index in [0.29, 0.717) is 0 Å². The molecule has 0 saturated carbocycles. The Morgan fingerprint density at radius 2 is 2.20 bits per heavy atom. The molecule has 0 amide bonds. The Bertz CT molecular complexity index is 691. The van der Waals surface area contributed by atoms with Crippen LogP contribution in [0.3, 0.4) is 0 Å². The molecule has 1 aromatic heterocycles. The summed E-state index contributed by atoms with van der Waals surface area (Å²) in [6.45, 7) is 2.77. The van der Waals surface area contributed by atoms with E-state index in [0.717, 1.165) is 52.8 Å². The van der Waals surface area contributed by atoms with Crippen molar-refractivity contribution < 1.29 is 9.90 Å². The van der Waals surface area contributed by atoms with Crippen molar-refractivity contribution in [2.45, 2.75) is 32.7 Å². The molecule has 0 atom stereocenters. The fraction of sp³-hybridized carbons (Fsp3) is 0.333. The predicted molar refractivity (Wildman–Crippen MR) is 80.0 cm³/mol. The standard InChI is InChI=1S/C15H15BrN2O2/c1-9-5-6-10(16)8-11(9)13-12-4-2-3-7-18(12)14(17-13)15(19)20/h5-6,8H,2-4,7H2,1H3,(H,19,20). The first kappa shape index (κ1) is 13.4. The molecule has 0 spiro atoms. The molecule has 0 aliphatic carbocycles. The highest BCUT2D eigenvalue weighted by Crippen LogP contribution is 2.32. The third-order valence-corrected chi connectivity index (χ3v) is 4.26. The van der Waals surface area contributed by atoms with Crippen molar-refractivity contribution in [1.82, 2.24) is 9.55 Å². The minimum absolute atomic E-state index is 0.161. The Hall–Kier alpha value is -1.62. The van der Waals surface area contributed by atoms with Crippen LogP contribution in [0.15, 0.2) is 22.7 Å². The van der Waals surface area contributed by atoms with Crippen LogP contribution in [0.5, 0.6) is 0 Å². The molecule has 0 radical (unpaired) electrons. The maximum Gasteiger partial charge on any atom is 0.372 e. The van der Waals surface area contributed by atoms with Gasteiger partial charge in [0.15, 0.2) is 0 Å². The number of carboxylic acid groups (broad SMARTS) is 1. The van der Waals surface area contributed by atoms with Gasteiger partial charge in [0.1, 0.15) is 0 Å². The van der Waals surface area contributed by atoms with Gasteiger partial charge in [-0.05, 0) is 43.9 Å². The molecule has 0 fully saturated rings. The largest absolute Gasteiger partial charge is 0.475 e. The zero-order valence-corrected chi connectivity index (χ0v) is 12.8. The van der Waals surface area contributed by atoms with Crippen molar-refractivity contribution in [2.75, 3.05) is 0 Å². The molecule has 1 aliphatic rings. The second kappa shape index (κ2) is 5.05. The van der Waals surface area contributed by atoms with Crippen LogP contribution in [0.25, 0.3) is 11.3 Å². The van der Waals surface area contributed by atoms with E-state index < -0.39 is 5.97 Å². The van der Waals surface area contributed by atoms with Gasteiger partial charge in [-0.25, -0.2) is 9.78 Å². The van der Waals surface area contributed by atoms with E-state index in [-0.39, 0.29) is 5.82 Å². The number of aromatic carboxylic acids is 1. The summed E-state index contributed by atoms with van der Waals surface area (Å²) in [5.41, 5.74) is 3.99. The van der Waals surface area contributed by atoms with Crippen LogP contribution in [0.1, 0.15) is 34.7 Å². The van der Waals surface area contributed by atoms with E-state index in [1.807, 2.05) is 29.7 Å². The highest BCUT2D eigenvalue weighted by Gasteiger charge is 2.25. The molecule has 2 aromatic rings. The maximum absolute atomic E-state index is 11.4. The number of hydrogen-bond acceptors (Lipinski definition) is 2. The van der Waals surface area contributed by atoms with Gasteiger partial charge in [0.25, 0.3) is 0 Å². The van der Waals surface area contributed by atoms with Gasteiger partial charge in [0.2, 0.25) is 5.82 Å². The summed E-state index contributed by atoms with van der Waals surface area (Å²) >= 11 is 3.47. The topological polar surface area (TPSA) is 55.1 Å². The van der Waals surface area contributed by atoms with E-state index in [9.17, 15) is 9.90 Å². The quantitative estimate of drug-likeness (QED) is 0.911. The number of imidazole rings is 1. The number of carbonyl (C=O) groups is 1. The zero-order valence-electron chi connectivity index (χ0n) is 11.2. The number of fused-ring (bicyclic) bond motifs is 1. The zero-order chi connectivity index (χ0) is 14.3. The predicted octanol–water partition coefficient (Wildman–Crippen LogP) is 3.66. The molecule has 0 unspecified atom stereocenters. The lowest BCUT2D eigenvalue weighted by atomic mass is 10.0. The summed E-state index contributed by atoms with van der Waals surface area (Å²) in [7, 11) is 0. The number of aromatic nitrogens is 2. The third kappa shape index (κ3) is 2.16. The molecule has 3 rings (SSSR count). The highest BCUT2D eigenvalue weighted by atomic mass is 79.9. The van der Waals surface area contributed by atoms with Gasteiger partial charge in [-0.2, -0.15) is 0 Å². The van der Waals surface area contributed by atoms with E-state index in [2.05, 4.69) is 20.9 Å². The normalized spacial score (nSPS) is 14.1. The Labute approximate surface area is 125 Å². The van der Waals surface area contributed by atoms with Gasteiger partial charge >= 0.3 is 5.97 Å². The number of halogens is 1. The minimum Gasteiger partial charge on any atom is -0.475 e. The van der Waals surface area contributed by atoms with Crippen molar-refractivity contribution in [3.05, 3.63) is 39.8 Å². The Morgan fingerprint density at radius 1 is 1.40 bits per heavy atom. The van der Waals surface area contributed by atoms with E-state index in [1.165, 1.54) is 0 Å². The first-order chi connectivity index (χ1) is 9.58. The van der Waals surface area contributed by atoms with Crippen LogP contribution >= 0.6 is 15.9 Å². The number of carboxylic acids is 1. The number of rotatable bonds is 2. The molecule has 104 valence electrons. The molecule has 5 heteroatoms. The third-order valence-electron chi connectivity index (χ3n) is 3.76. The molecule has 2 heterocycles. The van der Waals surface area contributed by atoms with Crippen LogP contribution in [0, 0.1) is 6.92 Å². The van der Waals surface area contributed by atoms with Crippen molar-refractivity contribution in [3.8, 4) is 11.3 Å². The maximum atomic E-state index is 11.4. The van der Waals surface area contributed by atoms with Crippen LogP contribution < -0.4 is 0 Å². The van der Waals surface area contributed by atoms with Gasteiger partial charge in [-0.15, -0.1) is 0 Å². The summed E-state index contributed by atoms with van der Waals surface area (Å²) < 4.78 is 2.84. The van der Waals surface area contributed by atoms with Crippen LogP contribution in [0.2, 0.25) is 0 Å². The van der Waals surface area contributed by atoms with E-state index >= 15 is 0 Å². The molecule has 1 aliphatic heterocycles. The lowest BCUT2D eigenvalue weighted by Gasteiger charge is -2.16. The smallest absolute Gasteiger partial charge is 0.372 e. The van der Waals surface area contributed by atoms with Crippen molar-refractivity contribution in [3.63, 3.8) is 0 Å². The van der Waals surface area contributed by atoms with Gasteiger partial charge in [0, 0.05) is 22.3 Å². The Morgan fingerprint density at radius 3 is 2.95 bits per heavy atom. The first-order valence-electron chi connectivity index (χ1n) is 6.67. The summed E-state index contributed by atoms with van der Waals surface area (Å²) in [6, 6.07) is 6.02. The lowest BCUT2D eigenvalue weighted by molar-refractivity contribution is 0.0677. The highest BCUT2D eigenvalue weighted by molar-refractivity contribution is 9.10. The summed E-state index contributed by atoms with van der Waals surface area (Å²) in [4.78, 5) is 15.8. The Balaban J connectivity index is 2.23. The minimum atomic E-state index is -0.952. The Kier molecular flexibility index (Phi) is 3.38. The van der Waals surface area contributed by atoms with Gasteiger partial charge < -0.3 is 9.67 Å². The monoisotopic (exact) mass is 334 g/mol. The fourth-order valence-corrected chi connectivity index (χ4v) is 3.13. The molecule has 4 nitrogen and oxygen atoms in total. The van der Waals surface area contributed by atoms with Gasteiger partial charge in [-0.3, -0.25) is 0 Å². The molecule has 1 aromatic carbocycles. The fourth-order valence-electron chi connectivity index (χ4n) is 2.77. The molecule has 0 saturated heterocycles. The van der Waals surface area contributed by atoms with Crippen LogP contribution in [-0.2, 0) is 13.0 Å². The summed E-state index contributed by atoms with van der Waals surface area (Å²) in [5.74, 6) is -0.791. The van der Waals surface area contributed by atoms with Crippen LogP contribution in [0.4, 0.5) is 0 Å². The van der Waals surface area contributed by atoms with Crippen LogP contribution in [-0.4, -0.2) is 20.6 Å². The molecule has 1 N–H and O–H groups in total. The van der Waals surface area contributed by atoms with Crippen molar-refractivity contribution in [1.29, 1.82) is 0 Å². The lowest BCUT2D eigenvalue weighted by Crippen LogP contribution is -2.16. The van der Waals surface area contributed by atoms with Crippen molar-refractivity contribution >= 4 is 21.9 Å². The number of benzene rings is 1. The first-order valence-corrected chi connectivity index (χ1v) is 7.46. The SMILES string of the molecule is Cc1ccc(Br)cc1-c1nc(C(=O)O)n2c1CCCC2. The average molecular weight is 335 g/mol. The van der Waals surface area contributed by atoms with E-state index in [4.69, 9.17) is 0 Å². The van der Waals surface area contributed by atoms with Crippen molar-refractivity contribution in [2.24, 2.45) is 0 Å². The second-order valence-corrected chi connectivity index (χ2v) is 6.02. The molecular formula is C15H15BrN2O2. The number of hydrogen-bond donors (Lipinski definition) is 1. The molecular weight excluding hydrogens is 320 g/mol. The summed E-state index contributed by atoms with van der Waals surface area (Å²) in [6.07, 6.45) is 2.99. The average Bonchev–Trinajstić information content (AvgIpc) is 2.81. The number of aryl methyl sites for hydroxylation is 1.